The number of aliphatic hydroxyl groups is 1. The summed E-state index contributed by atoms with van der Waals surface area (Å²) in [6.07, 6.45) is 1.21. The molecule has 2 N–H and O–H groups in total. The summed E-state index contributed by atoms with van der Waals surface area (Å²) >= 11 is 0. The van der Waals surface area contributed by atoms with E-state index in [1.54, 1.807) is 18.2 Å². The Morgan fingerprint density at radius 1 is 1.45 bits per heavy atom. The second-order valence-electron chi connectivity index (χ2n) is 4.76. The summed E-state index contributed by atoms with van der Waals surface area (Å²) in [5.41, 5.74) is 0.989. The van der Waals surface area contributed by atoms with Crippen molar-refractivity contribution in [1.82, 2.24) is 14.9 Å². The van der Waals surface area contributed by atoms with E-state index in [1.165, 1.54) is 10.8 Å². The minimum absolute atomic E-state index is 0.00939. The van der Waals surface area contributed by atoms with Crippen molar-refractivity contribution in [3.05, 3.63) is 40.8 Å². The third kappa shape index (κ3) is 3.21. The van der Waals surface area contributed by atoms with Crippen LogP contribution in [0.4, 0.5) is 0 Å². The summed E-state index contributed by atoms with van der Waals surface area (Å²) in [5, 5.41) is 11.6. The average molecular weight is 275 g/mol. The van der Waals surface area contributed by atoms with Gasteiger partial charge in [0.1, 0.15) is 6.54 Å². The molecule has 0 aliphatic rings. The molecule has 0 radical (unpaired) electrons. The number of benzene rings is 1. The fourth-order valence-corrected chi connectivity index (χ4v) is 1.83. The summed E-state index contributed by atoms with van der Waals surface area (Å²) < 4.78 is 1.39. The zero-order valence-corrected chi connectivity index (χ0v) is 11.2. The number of nitrogens with zero attached hydrogens (tertiary/aromatic N) is 2. The Morgan fingerprint density at radius 2 is 2.20 bits per heavy atom. The molecule has 0 bridgehead atoms. The van der Waals surface area contributed by atoms with E-state index in [-0.39, 0.29) is 30.5 Å². The molecule has 0 aliphatic carbocycles. The summed E-state index contributed by atoms with van der Waals surface area (Å²) in [7, 11) is 0. The Labute approximate surface area is 116 Å². The maximum atomic E-state index is 11.9. The van der Waals surface area contributed by atoms with Crippen LogP contribution in [0.5, 0.6) is 0 Å². The van der Waals surface area contributed by atoms with Gasteiger partial charge in [-0.2, -0.15) is 0 Å². The second kappa shape index (κ2) is 6.29. The van der Waals surface area contributed by atoms with Gasteiger partial charge < -0.3 is 10.4 Å². The first-order valence-electron chi connectivity index (χ1n) is 6.44. The number of nitrogens with one attached hydrogen (secondary N) is 1. The van der Waals surface area contributed by atoms with Crippen LogP contribution in [0, 0.1) is 5.92 Å². The number of amides is 1. The maximum absolute atomic E-state index is 11.9. The lowest BCUT2D eigenvalue weighted by atomic mass is 10.2. The third-order valence-corrected chi connectivity index (χ3v) is 3.01. The highest BCUT2D eigenvalue weighted by Gasteiger charge is 2.09. The van der Waals surface area contributed by atoms with Crippen LogP contribution in [0.3, 0.4) is 0 Å². The molecule has 6 nitrogen and oxygen atoms in total. The number of carbonyl (C=O) groups is 1. The minimum atomic E-state index is -0.311. The molecule has 106 valence electrons. The van der Waals surface area contributed by atoms with E-state index >= 15 is 0 Å². The summed E-state index contributed by atoms with van der Waals surface area (Å²) in [4.78, 5) is 27.7. The minimum Gasteiger partial charge on any atom is -0.396 e. The molecule has 0 spiro atoms. The fraction of sp³-hybridized carbons (Fsp3) is 0.357. The van der Waals surface area contributed by atoms with Gasteiger partial charge in [-0.15, -0.1) is 0 Å². The zero-order chi connectivity index (χ0) is 14.5. The standard InChI is InChI=1S/C14H17N3O3/c1-10(9-18)6-16-13(19)8-17-12-5-3-2-4-11(12)15-7-14(17)20/h2-5,7,10,18H,6,8-9H2,1H3,(H,16,19). The molecule has 1 unspecified atom stereocenters. The summed E-state index contributed by atoms with van der Waals surface area (Å²) in [5.74, 6) is -0.270. The molecule has 1 aromatic heterocycles. The van der Waals surface area contributed by atoms with Crippen molar-refractivity contribution in [2.24, 2.45) is 5.92 Å². The van der Waals surface area contributed by atoms with Gasteiger partial charge in [-0.3, -0.25) is 14.2 Å². The Kier molecular flexibility index (Phi) is 4.47. The van der Waals surface area contributed by atoms with E-state index in [9.17, 15) is 9.59 Å². The molecular weight excluding hydrogens is 258 g/mol. The van der Waals surface area contributed by atoms with Crippen LogP contribution in [-0.4, -0.2) is 33.7 Å². The van der Waals surface area contributed by atoms with Crippen LogP contribution in [0.2, 0.25) is 0 Å². The predicted molar refractivity (Wildman–Crippen MR) is 75.3 cm³/mol. The average Bonchev–Trinajstić information content (AvgIpc) is 2.47. The van der Waals surface area contributed by atoms with Crippen molar-refractivity contribution in [3.8, 4) is 0 Å². The van der Waals surface area contributed by atoms with Crippen LogP contribution in [0.1, 0.15) is 6.92 Å². The van der Waals surface area contributed by atoms with Gasteiger partial charge in [-0.25, -0.2) is 4.98 Å². The van der Waals surface area contributed by atoms with Gasteiger partial charge in [0.25, 0.3) is 5.56 Å². The highest BCUT2D eigenvalue weighted by Crippen LogP contribution is 2.07. The number of hydrogen-bond donors (Lipinski definition) is 2. The lowest BCUT2D eigenvalue weighted by molar-refractivity contribution is -0.121. The SMILES string of the molecule is CC(CO)CNC(=O)Cn1c(=O)cnc2ccccc21. The van der Waals surface area contributed by atoms with E-state index in [1.807, 2.05) is 13.0 Å². The lowest BCUT2D eigenvalue weighted by Crippen LogP contribution is -2.35. The highest BCUT2D eigenvalue weighted by molar-refractivity contribution is 5.79. The summed E-state index contributed by atoms with van der Waals surface area (Å²) in [6.45, 7) is 2.17. The normalized spacial score (nSPS) is 12.3. The Balaban J connectivity index is 2.19. The van der Waals surface area contributed by atoms with Gasteiger partial charge in [0.15, 0.2) is 0 Å². The molecule has 20 heavy (non-hydrogen) atoms. The van der Waals surface area contributed by atoms with Crippen molar-refractivity contribution < 1.29 is 9.90 Å². The van der Waals surface area contributed by atoms with Gasteiger partial charge in [-0.05, 0) is 18.1 Å². The van der Waals surface area contributed by atoms with Crippen LogP contribution in [-0.2, 0) is 11.3 Å². The van der Waals surface area contributed by atoms with Crippen molar-refractivity contribution in [2.45, 2.75) is 13.5 Å². The first kappa shape index (κ1) is 14.2. The van der Waals surface area contributed by atoms with Gasteiger partial charge in [0.2, 0.25) is 5.91 Å². The smallest absolute Gasteiger partial charge is 0.269 e. The lowest BCUT2D eigenvalue weighted by Gasteiger charge is -2.12. The van der Waals surface area contributed by atoms with E-state index in [4.69, 9.17) is 5.11 Å². The molecule has 0 aliphatic heterocycles. The van der Waals surface area contributed by atoms with Gasteiger partial charge in [0, 0.05) is 13.2 Å². The van der Waals surface area contributed by atoms with Crippen molar-refractivity contribution >= 4 is 16.9 Å². The number of carbonyl (C=O) groups excluding carboxylic acids is 1. The quantitative estimate of drug-likeness (QED) is 0.813. The molecule has 0 saturated carbocycles. The van der Waals surface area contributed by atoms with Gasteiger partial charge >= 0.3 is 0 Å². The molecule has 0 saturated heterocycles. The first-order valence-corrected chi connectivity index (χ1v) is 6.44. The Hall–Kier alpha value is -2.21. The predicted octanol–water partition coefficient (Wildman–Crippen LogP) is 0.141. The number of rotatable bonds is 5. The van der Waals surface area contributed by atoms with E-state index in [2.05, 4.69) is 10.3 Å². The largest absolute Gasteiger partial charge is 0.396 e. The molecule has 6 heteroatoms. The van der Waals surface area contributed by atoms with Crippen LogP contribution >= 0.6 is 0 Å². The molecule has 2 aromatic rings. The van der Waals surface area contributed by atoms with E-state index in [0.717, 1.165) is 0 Å². The third-order valence-electron chi connectivity index (χ3n) is 3.01. The van der Waals surface area contributed by atoms with Crippen molar-refractivity contribution in [3.63, 3.8) is 0 Å². The number of aromatic nitrogens is 2. The van der Waals surface area contributed by atoms with E-state index < -0.39 is 0 Å². The molecule has 1 aromatic carbocycles. The topological polar surface area (TPSA) is 84.2 Å². The first-order chi connectivity index (χ1) is 9.61. The highest BCUT2D eigenvalue weighted by atomic mass is 16.3. The fourth-order valence-electron chi connectivity index (χ4n) is 1.83. The van der Waals surface area contributed by atoms with E-state index in [0.29, 0.717) is 17.6 Å². The molecule has 2 rings (SSSR count). The number of aliphatic hydroxyl groups excluding tert-OH is 1. The summed E-state index contributed by atoms with van der Waals surface area (Å²) in [6, 6.07) is 7.17. The molecule has 1 amide bonds. The van der Waals surface area contributed by atoms with Crippen molar-refractivity contribution in [1.29, 1.82) is 0 Å². The van der Waals surface area contributed by atoms with Crippen LogP contribution < -0.4 is 10.9 Å². The molecule has 0 fully saturated rings. The molecular formula is C14H17N3O3. The molecule has 1 heterocycles. The van der Waals surface area contributed by atoms with Crippen molar-refractivity contribution in [2.75, 3.05) is 13.2 Å². The monoisotopic (exact) mass is 275 g/mol. The number of fused-ring (bicyclic) bond motifs is 1. The maximum Gasteiger partial charge on any atom is 0.269 e. The Bertz CT molecular complexity index is 666. The second-order valence-corrected chi connectivity index (χ2v) is 4.76. The Morgan fingerprint density at radius 3 is 2.95 bits per heavy atom. The van der Waals surface area contributed by atoms with Crippen LogP contribution in [0.15, 0.2) is 35.3 Å². The molecule has 1 atom stereocenters. The number of para-hydroxylation sites is 2. The number of hydrogen-bond acceptors (Lipinski definition) is 4. The zero-order valence-electron chi connectivity index (χ0n) is 11.2. The van der Waals surface area contributed by atoms with Gasteiger partial charge in [0.05, 0.1) is 17.2 Å². The van der Waals surface area contributed by atoms with Gasteiger partial charge in [-0.1, -0.05) is 19.1 Å². The van der Waals surface area contributed by atoms with Crippen LogP contribution in [0.25, 0.3) is 11.0 Å².